The number of likely N-dealkylation sites (N-methyl/N-ethyl adjacent to an activating group) is 1. The molecule has 0 unspecified atom stereocenters. The molecule has 2 aromatic carbocycles. The summed E-state index contributed by atoms with van der Waals surface area (Å²) in [5.74, 6) is -1.83. The van der Waals surface area contributed by atoms with E-state index in [0.717, 1.165) is 11.1 Å². The van der Waals surface area contributed by atoms with Crippen molar-refractivity contribution in [1.29, 1.82) is 0 Å². The number of anilines is 1. The Morgan fingerprint density at radius 3 is 2.47 bits per heavy atom. The minimum atomic E-state index is -1.84. The van der Waals surface area contributed by atoms with Gasteiger partial charge in [0.1, 0.15) is 17.5 Å². The molecule has 1 saturated heterocycles. The number of nitrogens with one attached hydrogen (secondary N) is 2. The molecule has 1 fully saturated rings. The van der Waals surface area contributed by atoms with Gasteiger partial charge in [0.2, 0.25) is 11.8 Å². The van der Waals surface area contributed by atoms with Crippen molar-refractivity contribution in [1.82, 2.24) is 15.1 Å². The molecular weight excluding hydrogens is 489 g/mol. The van der Waals surface area contributed by atoms with Crippen molar-refractivity contribution < 1.29 is 23.6 Å². The topological polar surface area (TPSA) is 103 Å². The van der Waals surface area contributed by atoms with E-state index >= 15 is 0 Å². The number of rotatable bonds is 7. The molecule has 2 heterocycles. The van der Waals surface area contributed by atoms with Crippen molar-refractivity contribution in [3.8, 4) is 0 Å². The Balaban J connectivity index is 1.69. The van der Waals surface area contributed by atoms with Crippen LogP contribution in [0.1, 0.15) is 31.4 Å². The summed E-state index contributed by atoms with van der Waals surface area (Å²) in [6, 6.07) is 14.1. The van der Waals surface area contributed by atoms with Gasteiger partial charge in [-0.05, 0) is 23.1 Å². The minimum Gasteiger partial charge on any atom is -0.332 e. The first kappa shape index (κ1) is 26.8. The van der Waals surface area contributed by atoms with E-state index in [1.165, 1.54) is 16.8 Å². The molecule has 0 radical (unpaired) electrons. The molecule has 4 amide bonds. The zero-order valence-electron chi connectivity index (χ0n) is 21.5. The summed E-state index contributed by atoms with van der Waals surface area (Å²) in [6.45, 7) is 11.1. The maximum absolute atomic E-state index is 14.1. The summed E-state index contributed by atoms with van der Waals surface area (Å²) in [5.41, 5.74) is 1.11. The molecule has 0 aliphatic carbocycles. The summed E-state index contributed by atoms with van der Waals surface area (Å²) in [7, 11) is 1.43. The van der Waals surface area contributed by atoms with Crippen LogP contribution in [0.2, 0.25) is 0 Å². The lowest BCUT2D eigenvalue weighted by Gasteiger charge is -2.34. The van der Waals surface area contributed by atoms with Crippen molar-refractivity contribution in [2.45, 2.75) is 50.4 Å². The van der Waals surface area contributed by atoms with E-state index in [1.54, 1.807) is 26.0 Å². The van der Waals surface area contributed by atoms with E-state index in [4.69, 9.17) is 6.57 Å². The van der Waals surface area contributed by atoms with Crippen molar-refractivity contribution in [3.05, 3.63) is 77.1 Å². The van der Waals surface area contributed by atoms with Gasteiger partial charge in [0.05, 0.1) is 6.42 Å². The SMILES string of the molecule is [C-]#[N+][C@@H]1C[C@@]2(CN1C(=O)[C@H](Cc1ccccc1)N(C)C(=O)[C@H](NC(=O)F)C(C)C)C(=O)Nc1ccccc12. The Hall–Kier alpha value is -4.26. The second kappa shape index (κ2) is 10.6. The zero-order valence-corrected chi connectivity index (χ0v) is 21.5. The third-order valence-electron chi connectivity index (χ3n) is 7.46. The molecule has 0 aromatic heterocycles. The quantitative estimate of drug-likeness (QED) is 0.333. The smallest absolute Gasteiger partial charge is 0.332 e. The van der Waals surface area contributed by atoms with Crippen LogP contribution in [0.25, 0.3) is 4.85 Å². The van der Waals surface area contributed by atoms with Gasteiger partial charge >= 0.3 is 12.3 Å². The van der Waals surface area contributed by atoms with Crippen LogP contribution in [-0.2, 0) is 26.2 Å². The highest BCUT2D eigenvalue weighted by atomic mass is 19.1. The number of halogens is 1. The van der Waals surface area contributed by atoms with Gasteiger partial charge in [0.15, 0.2) is 0 Å². The van der Waals surface area contributed by atoms with Crippen LogP contribution in [0.4, 0.5) is 14.9 Å². The van der Waals surface area contributed by atoms with Crippen molar-refractivity contribution >= 4 is 29.6 Å². The Labute approximate surface area is 220 Å². The number of hydrogen-bond donors (Lipinski definition) is 2. The Bertz CT molecular complexity index is 1290. The van der Waals surface area contributed by atoms with Crippen LogP contribution in [0.3, 0.4) is 0 Å². The molecule has 2 N–H and O–H groups in total. The standard InChI is InChI=1S/C28H30FN5O4/c1-17(2)23(32-27(29)38)25(36)33(4)21(14-18-10-6-5-7-11-18)24(35)34-16-28(15-22(34)30-3)19-12-8-9-13-20(19)31-26(28)37/h5-13,17,21-23H,14-16H2,1-2,4H3,(H,31,37)(H,32,38)/t21-,22-,23+,28-/m0/s1. The van der Waals surface area contributed by atoms with Gasteiger partial charge in [-0.2, -0.15) is 0 Å². The summed E-state index contributed by atoms with van der Waals surface area (Å²) in [5, 5.41) is 4.91. The molecule has 4 atom stereocenters. The van der Waals surface area contributed by atoms with Gasteiger partial charge in [-0.3, -0.25) is 24.1 Å². The minimum absolute atomic E-state index is 0.0100. The molecule has 0 saturated carbocycles. The zero-order chi connectivity index (χ0) is 27.6. The third-order valence-corrected chi connectivity index (χ3v) is 7.46. The second-order valence-electron chi connectivity index (χ2n) is 10.2. The lowest BCUT2D eigenvalue weighted by Crippen LogP contribution is -2.57. The fourth-order valence-corrected chi connectivity index (χ4v) is 5.38. The average molecular weight is 520 g/mol. The number of nitrogens with zero attached hydrogens (tertiary/aromatic N) is 3. The molecule has 1 spiro atoms. The maximum Gasteiger partial charge on any atom is 0.398 e. The molecule has 2 aliphatic rings. The number of carbonyl (C=O) groups is 4. The summed E-state index contributed by atoms with van der Waals surface area (Å²) < 4.78 is 13.2. The maximum atomic E-state index is 14.1. The number of amides is 4. The second-order valence-corrected chi connectivity index (χ2v) is 10.2. The number of benzene rings is 2. The summed E-state index contributed by atoms with van der Waals surface area (Å²) >= 11 is 0. The molecule has 2 aromatic rings. The first-order valence-electron chi connectivity index (χ1n) is 12.4. The predicted molar refractivity (Wildman–Crippen MR) is 138 cm³/mol. The number of para-hydroxylation sites is 1. The van der Waals surface area contributed by atoms with Crippen LogP contribution in [0.5, 0.6) is 0 Å². The molecule has 198 valence electrons. The average Bonchev–Trinajstić information content (AvgIpc) is 3.43. The number of carbonyl (C=O) groups excluding carboxylic acids is 4. The third kappa shape index (κ3) is 4.84. The van der Waals surface area contributed by atoms with E-state index in [1.807, 2.05) is 47.8 Å². The molecule has 38 heavy (non-hydrogen) atoms. The number of hydrogen-bond acceptors (Lipinski definition) is 4. The van der Waals surface area contributed by atoms with E-state index in [-0.39, 0.29) is 25.3 Å². The molecule has 4 rings (SSSR count). The number of likely N-dealkylation sites (tertiary alicyclic amines) is 1. The highest BCUT2D eigenvalue weighted by Crippen LogP contribution is 2.46. The van der Waals surface area contributed by atoms with Gasteiger partial charge < -0.3 is 15.5 Å². The van der Waals surface area contributed by atoms with Crippen molar-refractivity contribution in [3.63, 3.8) is 0 Å². The molecule has 10 heteroatoms. The normalized spacial score (nSPS) is 21.4. The highest BCUT2D eigenvalue weighted by Gasteiger charge is 2.59. The number of fused-ring (bicyclic) bond motifs is 2. The van der Waals surface area contributed by atoms with Gasteiger partial charge in [-0.25, -0.2) is 11.4 Å². The van der Waals surface area contributed by atoms with E-state index in [9.17, 15) is 23.6 Å². The Morgan fingerprint density at radius 1 is 1.18 bits per heavy atom. The summed E-state index contributed by atoms with van der Waals surface area (Å²) in [4.78, 5) is 58.2. The van der Waals surface area contributed by atoms with Crippen LogP contribution in [0.15, 0.2) is 54.6 Å². The lowest BCUT2D eigenvalue weighted by atomic mass is 9.80. The first-order chi connectivity index (χ1) is 18.1. The van der Waals surface area contributed by atoms with Crippen molar-refractivity contribution in [2.75, 3.05) is 18.9 Å². The van der Waals surface area contributed by atoms with E-state index in [0.29, 0.717) is 5.69 Å². The first-order valence-corrected chi connectivity index (χ1v) is 12.4. The van der Waals surface area contributed by atoms with E-state index in [2.05, 4.69) is 10.2 Å². The molecule has 2 aliphatic heterocycles. The van der Waals surface area contributed by atoms with Gasteiger partial charge in [0, 0.05) is 25.7 Å². The predicted octanol–water partition coefficient (Wildman–Crippen LogP) is 3.13. The van der Waals surface area contributed by atoms with Gasteiger partial charge in [0.25, 0.3) is 5.91 Å². The Kier molecular flexibility index (Phi) is 7.49. The summed E-state index contributed by atoms with van der Waals surface area (Å²) in [6.07, 6.45) is -2.48. The molecular formula is C28H30FN5O4. The molecule has 0 bridgehead atoms. The fraction of sp³-hybridized carbons (Fsp3) is 0.393. The van der Waals surface area contributed by atoms with Crippen LogP contribution < -0.4 is 10.6 Å². The van der Waals surface area contributed by atoms with Gasteiger partial charge in [-0.15, -0.1) is 4.39 Å². The lowest BCUT2D eigenvalue weighted by molar-refractivity contribution is -0.146. The fourth-order valence-electron chi connectivity index (χ4n) is 5.38. The monoisotopic (exact) mass is 519 g/mol. The Morgan fingerprint density at radius 2 is 1.84 bits per heavy atom. The molecule has 9 nitrogen and oxygen atoms in total. The van der Waals surface area contributed by atoms with Crippen molar-refractivity contribution in [2.24, 2.45) is 5.92 Å². The largest absolute Gasteiger partial charge is 0.398 e. The highest BCUT2D eigenvalue weighted by molar-refractivity contribution is 6.07. The van der Waals surface area contributed by atoms with Crippen LogP contribution in [-0.4, -0.2) is 65.5 Å². The van der Waals surface area contributed by atoms with Crippen LogP contribution >= 0.6 is 0 Å². The van der Waals surface area contributed by atoms with E-state index < -0.39 is 47.6 Å². The van der Waals surface area contributed by atoms with Gasteiger partial charge in [-0.1, -0.05) is 62.4 Å². The van der Waals surface area contributed by atoms with Crippen LogP contribution in [0, 0.1) is 12.5 Å².